The molecule has 0 unspecified atom stereocenters. The van der Waals surface area contributed by atoms with Gasteiger partial charge >= 0.3 is 0 Å². The molecule has 0 radical (unpaired) electrons. The van der Waals surface area contributed by atoms with Crippen molar-refractivity contribution >= 4 is 39.6 Å². The topological polar surface area (TPSA) is 123 Å². The number of benzene rings is 2. The van der Waals surface area contributed by atoms with Gasteiger partial charge in [-0.3, -0.25) is 9.59 Å². The van der Waals surface area contributed by atoms with Gasteiger partial charge in [-0.25, -0.2) is 8.75 Å². The zero-order valence-corrected chi connectivity index (χ0v) is 24.3. The molecule has 40 heavy (non-hydrogen) atoms. The summed E-state index contributed by atoms with van der Waals surface area (Å²) in [6.45, 7) is 4.13. The molecule has 2 heterocycles. The van der Waals surface area contributed by atoms with E-state index in [0.29, 0.717) is 42.5 Å². The Labute approximate surface area is 238 Å². The molecule has 2 aromatic carbocycles. The molecular weight excluding hydrogens is 531 g/mol. The zero-order valence-electron chi connectivity index (χ0n) is 23.5. The van der Waals surface area contributed by atoms with Gasteiger partial charge < -0.3 is 26.2 Å². The van der Waals surface area contributed by atoms with E-state index in [9.17, 15) is 9.59 Å². The summed E-state index contributed by atoms with van der Waals surface area (Å²) in [4.78, 5) is 27.0. The number of fused-ring (bicyclic) bond motifs is 2. The van der Waals surface area contributed by atoms with Gasteiger partial charge in [0.1, 0.15) is 11.9 Å². The van der Waals surface area contributed by atoms with Crippen LogP contribution in [-0.4, -0.2) is 55.6 Å². The molecule has 0 bridgehead atoms. The summed E-state index contributed by atoms with van der Waals surface area (Å²) in [7, 11) is -0.155. The van der Waals surface area contributed by atoms with Crippen LogP contribution in [0.5, 0.6) is 0 Å². The van der Waals surface area contributed by atoms with Crippen LogP contribution in [0, 0.1) is 17.7 Å². The van der Waals surface area contributed by atoms with Crippen molar-refractivity contribution in [3.63, 3.8) is 0 Å². The van der Waals surface area contributed by atoms with Crippen LogP contribution in [0.2, 0.25) is 0 Å². The monoisotopic (exact) mass is 572 g/mol. The fourth-order valence-corrected chi connectivity index (χ4v) is 6.81. The Morgan fingerprint density at radius 2 is 1.85 bits per heavy atom. The molecule has 2 amide bonds. The van der Waals surface area contributed by atoms with Gasteiger partial charge in [0.25, 0.3) is 5.91 Å². The zero-order chi connectivity index (χ0) is 27.6. The molecule has 1 saturated heterocycles. The molecule has 1 atom stereocenters. The van der Waals surface area contributed by atoms with Gasteiger partial charge in [-0.15, -0.1) is 10.7 Å². The van der Waals surface area contributed by atoms with Gasteiger partial charge in [-0.05, 0) is 80.4 Å². The first-order valence-electron chi connectivity index (χ1n) is 13.9. The summed E-state index contributed by atoms with van der Waals surface area (Å²) in [5.41, 5.74) is 2.78. The fourth-order valence-electron chi connectivity index (χ4n) is 6.27. The average Bonchev–Trinajstić information content (AvgIpc) is 3.25. The lowest BCUT2D eigenvalue weighted by molar-refractivity contribution is -0.119. The minimum atomic E-state index is -0.719. The number of hydrogen-bond donors (Lipinski definition) is 3. The number of rotatable bonds is 6. The van der Waals surface area contributed by atoms with E-state index >= 15 is 4.39 Å². The highest BCUT2D eigenvalue weighted by Crippen LogP contribution is 2.46. The number of amides is 2. The first kappa shape index (κ1) is 30.1. The van der Waals surface area contributed by atoms with Crippen molar-refractivity contribution in [2.24, 2.45) is 16.2 Å². The third-order valence-electron chi connectivity index (χ3n) is 8.45. The third-order valence-corrected chi connectivity index (χ3v) is 9.03. The maximum Gasteiger partial charge on any atom is 0.252 e. The lowest BCUT2D eigenvalue weighted by atomic mass is 9.75. The van der Waals surface area contributed by atoms with Crippen molar-refractivity contribution in [1.29, 1.82) is 0 Å². The standard InChI is InChI=1S/C30H39FN4O3S.H2O/c1-19-7-9-20(10-8-19)27(34-28(36)21-5-4-6-22(15-21)35-39(2)3)29(37)33-23-16-24(31)26-25(17-23)32-18-30(26)11-13-38-14-12-30;/h4-6,15-17,19-20,27,32H,7-14,18H2,1-3H3,(H,33,37)(H,34,36);1H2/t19?,20?,27-;/m0./s1. The molecule has 10 heteroatoms. The molecule has 3 aliphatic rings. The predicted molar refractivity (Wildman–Crippen MR) is 159 cm³/mol. The molecule has 2 aliphatic heterocycles. The molecule has 0 aromatic heterocycles. The van der Waals surface area contributed by atoms with Crippen LogP contribution in [0.3, 0.4) is 0 Å². The number of carbonyl (C=O) groups excluding carboxylic acids is 2. The van der Waals surface area contributed by atoms with Crippen LogP contribution >= 0.6 is 0 Å². The molecule has 2 aromatic rings. The van der Waals surface area contributed by atoms with Gasteiger partial charge in [0.05, 0.1) is 5.69 Å². The van der Waals surface area contributed by atoms with E-state index in [2.05, 4.69) is 27.2 Å². The van der Waals surface area contributed by atoms with Gasteiger partial charge in [-0.1, -0.05) is 25.8 Å². The van der Waals surface area contributed by atoms with Crippen molar-refractivity contribution in [2.75, 3.05) is 42.9 Å². The molecule has 8 nitrogen and oxygen atoms in total. The van der Waals surface area contributed by atoms with Crippen LogP contribution in [0.1, 0.15) is 61.4 Å². The fraction of sp³-hybridized carbons (Fsp3) is 0.533. The lowest BCUT2D eigenvalue weighted by Crippen LogP contribution is -2.49. The second-order valence-corrected chi connectivity index (χ2v) is 13.2. The molecule has 1 aliphatic carbocycles. The minimum absolute atomic E-state index is 0. The first-order valence-corrected chi connectivity index (χ1v) is 15.9. The number of nitrogens with zero attached hydrogens (tertiary/aromatic N) is 1. The summed E-state index contributed by atoms with van der Waals surface area (Å²) < 4.78 is 25.6. The van der Waals surface area contributed by atoms with Crippen LogP contribution < -0.4 is 16.0 Å². The number of ether oxygens (including phenoxy) is 1. The Hall–Kier alpha value is -2.82. The van der Waals surface area contributed by atoms with Crippen molar-refractivity contribution in [1.82, 2.24) is 5.32 Å². The molecule has 5 N–H and O–H groups in total. The SMILES string of the molecule is CC1CCC([C@H](NC(=O)c2cccc(N=S(C)C)c2)C(=O)Nc2cc(F)c3c(c2)NCC32CCOCC2)CC1.O. The van der Waals surface area contributed by atoms with E-state index in [0.717, 1.165) is 49.9 Å². The Morgan fingerprint density at radius 3 is 2.55 bits per heavy atom. The Kier molecular flexibility index (Phi) is 9.64. The maximum atomic E-state index is 15.5. The van der Waals surface area contributed by atoms with Gasteiger partial charge in [0.15, 0.2) is 0 Å². The van der Waals surface area contributed by atoms with Crippen molar-refractivity contribution in [2.45, 2.75) is 56.9 Å². The minimum Gasteiger partial charge on any atom is -0.412 e. The Balaban J connectivity index is 0.00000370. The Bertz CT molecular complexity index is 1270. The molecule has 1 spiro atoms. The second-order valence-electron chi connectivity index (χ2n) is 11.5. The van der Waals surface area contributed by atoms with Crippen LogP contribution in [0.15, 0.2) is 40.8 Å². The largest absolute Gasteiger partial charge is 0.412 e. The molecule has 218 valence electrons. The van der Waals surface area contributed by atoms with Crippen molar-refractivity contribution < 1.29 is 24.2 Å². The van der Waals surface area contributed by atoms with E-state index in [1.807, 2.05) is 30.7 Å². The number of anilines is 2. The number of nitrogens with one attached hydrogen (secondary N) is 3. The molecule has 2 fully saturated rings. The third kappa shape index (κ3) is 6.56. The number of carbonyl (C=O) groups is 2. The molecule has 1 saturated carbocycles. The summed E-state index contributed by atoms with van der Waals surface area (Å²) in [6, 6.07) is 9.70. The van der Waals surface area contributed by atoms with Gasteiger partial charge in [0.2, 0.25) is 5.91 Å². The van der Waals surface area contributed by atoms with E-state index < -0.39 is 6.04 Å². The predicted octanol–water partition coefficient (Wildman–Crippen LogP) is 4.73. The first-order chi connectivity index (χ1) is 18.7. The second kappa shape index (κ2) is 12.8. The van der Waals surface area contributed by atoms with Crippen LogP contribution in [0.25, 0.3) is 0 Å². The van der Waals surface area contributed by atoms with E-state index in [1.54, 1.807) is 12.1 Å². The maximum absolute atomic E-state index is 15.5. The summed E-state index contributed by atoms with van der Waals surface area (Å²) >= 11 is 0. The Morgan fingerprint density at radius 1 is 1.12 bits per heavy atom. The summed E-state index contributed by atoms with van der Waals surface area (Å²) in [5, 5.41) is 9.31. The van der Waals surface area contributed by atoms with E-state index in [1.165, 1.54) is 6.07 Å². The average molecular weight is 573 g/mol. The van der Waals surface area contributed by atoms with Gasteiger partial charge in [-0.2, -0.15) is 0 Å². The smallest absolute Gasteiger partial charge is 0.252 e. The highest BCUT2D eigenvalue weighted by molar-refractivity contribution is 7.85. The van der Waals surface area contributed by atoms with Crippen molar-refractivity contribution in [3.8, 4) is 0 Å². The van der Waals surface area contributed by atoms with Crippen LogP contribution in [0.4, 0.5) is 21.5 Å². The normalized spacial score (nSPS) is 22.0. The quantitative estimate of drug-likeness (QED) is 0.463. The molecular formula is C30H41FN4O4S. The summed E-state index contributed by atoms with van der Waals surface area (Å²) in [6.07, 6.45) is 9.30. The van der Waals surface area contributed by atoms with Gasteiger partial charge in [0, 0.05) is 47.7 Å². The molecule has 5 rings (SSSR count). The highest BCUT2D eigenvalue weighted by atomic mass is 32.2. The van der Waals surface area contributed by atoms with Crippen molar-refractivity contribution in [3.05, 3.63) is 53.3 Å². The number of hydrogen-bond acceptors (Lipinski definition) is 5. The van der Waals surface area contributed by atoms with E-state index in [4.69, 9.17) is 4.74 Å². The van der Waals surface area contributed by atoms with E-state index in [-0.39, 0.29) is 45.1 Å². The lowest BCUT2D eigenvalue weighted by Gasteiger charge is -2.33. The number of halogens is 1. The van der Waals surface area contributed by atoms with Crippen LogP contribution in [-0.2, 0) is 25.6 Å². The summed E-state index contributed by atoms with van der Waals surface area (Å²) in [5.74, 6) is -0.316. The highest BCUT2D eigenvalue weighted by Gasteiger charge is 2.43.